The van der Waals surface area contributed by atoms with E-state index in [4.69, 9.17) is 0 Å². The number of amides is 1. The zero-order valence-corrected chi connectivity index (χ0v) is 16.5. The van der Waals surface area contributed by atoms with Gasteiger partial charge in [-0.2, -0.15) is 0 Å². The minimum absolute atomic E-state index is 0.0257. The van der Waals surface area contributed by atoms with Crippen LogP contribution in [-0.2, 0) is 0 Å². The van der Waals surface area contributed by atoms with E-state index in [-0.39, 0.29) is 23.2 Å². The van der Waals surface area contributed by atoms with Crippen molar-refractivity contribution in [1.82, 2.24) is 29.3 Å². The van der Waals surface area contributed by atoms with Gasteiger partial charge in [-0.15, -0.1) is 0 Å². The molecule has 0 saturated carbocycles. The quantitative estimate of drug-likeness (QED) is 0.694. The molecule has 1 saturated heterocycles. The molecule has 0 radical (unpaired) electrons. The number of likely N-dealkylation sites (N-methyl/N-ethyl adjacent to an activating group) is 1. The van der Waals surface area contributed by atoms with Crippen LogP contribution in [0.1, 0.15) is 30.0 Å². The van der Waals surface area contributed by atoms with Crippen molar-refractivity contribution in [2.45, 2.75) is 25.8 Å². The van der Waals surface area contributed by atoms with Gasteiger partial charge in [-0.25, -0.2) is 19.1 Å². The number of nitrogens with zero attached hydrogens (tertiary/aromatic N) is 4. The molecule has 1 aliphatic heterocycles. The number of nitrogens with one attached hydrogen (secondary N) is 2. The normalized spacial score (nSPS) is 15.7. The Morgan fingerprint density at radius 1 is 1.17 bits per heavy atom. The van der Waals surface area contributed by atoms with Gasteiger partial charge in [0.05, 0.1) is 6.04 Å². The van der Waals surface area contributed by atoms with Crippen LogP contribution in [-0.4, -0.2) is 62.0 Å². The van der Waals surface area contributed by atoms with E-state index in [0.29, 0.717) is 0 Å². The molecule has 2 N–H and O–H groups in total. The molecular weight excluding hydrogens is 372 g/mol. The number of hydrogen-bond donors (Lipinski definition) is 2. The standard InChI is InChI=1S/C20H24N6O3/c1-13-5-7-14(8-6-13)15(11-25-9-3-4-10-25)24(2)20(29)26-12-21-16-17(26)22-19(28)23-18(16)27/h5-8,12,15H,3-4,9-11H2,1-2H3,(H2,22,23,27,28)/t15-/m1/s1. The summed E-state index contributed by atoms with van der Waals surface area (Å²) in [7, 11) is 1.74. The first kappa shape index (κ1) is 19.1. The molecule has 3 heterocycles. The molecule has 1 atom stereocenters. The van der Waals surface area contributed by atoms with Gasteiger partial charge in [0.2, 0.25) is 0 Å². The number of rotatable bonds is 4. The Bertz CT molecular complexity index is 1140. The number of benzene rings is 1. The van der Waals surface area contributed by atoms with Gasteiger partial charge < -0.3 is 9.80 Å². The number of carbonyl (C=O) groups is 1. The van der Waals surface area contributed by atoms with Crippen molar-refractivity contribution in [3.05, 3.63) is 62.6 Å². The van der Waals surface area contributed by atoms with Crippen molar-refractivity contribution in [2.24, 2.45) is 0 Å². The van der Waals surface area contributed by atoms with E-state index in [1.807, 2.05) is 31.2 Å². The zero-order chi connectivity index (χ0) is 20.5. The Balaban J connectivity index is 1.70. The lowest BCUT2D eigenvalue weighted by atomic mass is 10.0. The molecule has 2 aromatic heterocycles. The van der Waals surface area contributed by atoms with Gasteiger partial charge in [0.15, 0.2) is 11.2 Å². The SMILES string of the molecule is Cc1ccc([C@@H](CN2CCCC2)N(C)C(=O)n2cnc3c(=O)[nH]c(=O)[nH]c32)cc1. The first-order valence-corrected chi connectivity index (χ1v) is 9.70. The van der Waals surface area contributed by atoms with Crippen molar-refractivity contribution in [3.63, 3.8) is 0 Å². The van der Waals surface area contributed by atoms with Crippen LogP contribution >= 0.6 is 0 Å². The fourth-order valence-electron chi connectivity index (χ4n) is 3.83. The van der Waals surface area contributed by atoms with Crippen LogP contribution in [0.2, 0.25) is 0 Å². The molecule has 1 fully saturated rings. The maximum absolute atomic E-state index is 13.3. The summed E-state index contributed by atoms with van der Waals surface area (Å²) in [6, 6.07) is 7.62. The van der Waals surface area contributed by atoms with Crippen LogP contribution < -0.4 is 11.2 Å². The van der Waals surface area contributed by atoms with Gasteiger partial charge in [0.25, 0.3) is 5.56 Å². The number of aryl methyl sites for hydroxylation is 1. The van der Waals surface area contributed by atoms with Gasteiger partial charge >= 0.3 is 11.7 Å². The summed E-state index contributed by atoms with van der Waals surface area (Å²) in [5.41, 5.74) is 1.02. The number of imidazole rings is 1. The Morgan fingerprint density at radius 3 is 2.55 bits per heavy atom. The van der Waals surface area contributed by atoms with E-state index in [0.717, 1.165) is 43.6 Å². The van der Waals surface area contributed by atoms with Gasteiger partial charge in [-0.1, -0.05) is 29.8 Å². The number of fused-ring (bicyclic) bond motifs is 1. The van der Waals surface area contributed by atoms with Crippen LogP contribution in [0.3, 0.4) is 0 Å². The third kappa shape index (κ3) is 3.73. The van der Waals surface area contributed by atoms with Crippen LogP contribution in [0.15, 0.2) is 40.2 Å². The lowest BCUT2D eigenvalue weighted by molar-refractivity contribution is 0.171. The highest BCUT2D eigenvalue weighted by Crippen LogP contribution is 2.24. The number of H-pyrrole nitrogens is 2. The Hall–Kier alpha value is -3.20. The average Bonchev–Trinajstić information content (AvgIpc) is 3.35. The van der Waals surface area contributed by atoms with Gasteiger partial charge in [-0.3, -0.25) is 14.8 Å². The smallest absolute Gasteiger partial charge is 0.319 e. The van der Waals surface area contributed by atoms with Crippen LogP contribution in [0.25, 0.3) is 11.2 Å². The summed E-state index contributed by atoms with van der Waals surface area (Å²) in [4.78, 5) is 49.5. The second-order valence-corrected chi connectivity index (χ2v) is 7.55. The third-order valence-corrected chi connectivity index (χ3v) is 5.51. The van der Waals surface area contributed by atoms with Gasteiger partial charge in [-0.05, 0) is 38.4 Å². The molecule has 3 aromatic rings. The van der Waals surface area contributed by atoms with Gasteiger partial charge in [0.1, 0.15) is 6.33 Å². The summed E-state index contributed by atoms with van der Waals surface area (Å²) >= 11 is 0. The number of likely N-dealkylation sites (tertiary alicyclic amines) is 1. The van der Waals surface area contributed by atoms with Crippen LogP contribution in [0.5, 0.6) is 0 Å². The topological polar surface area (TPSA) is 107 Å². The second kappa shape index (κ2) is 7.67. The third-order valence-electron chi connectivity index (χ3n) is 5.51. The molecule has 1 aliphatic rings. The number of hydrogen-bond acceptors (Lipinski definition) is 5. The summed E-state index contributed by atoms with van der Waals surface area (Å²) in [5.74, 6) is 0. The van der Waals surface area contributed by atoms with Gasteiger partial charge in [0, 0.05) is 13.6 Å². The van der Waals surface area contributed by atoms with Crippen molar-refractivity contribution in [1.29, 1.82) is 0 Å². The molecule has 1 amide bonds. The number of aromatic nitrogens is 4. The highest BCUT2D eigenvalue weighted by atomic mass is 16.2. The predicted molar refractivity (Wildman–Crippen MR) is 109 cm³/mol. The minimum Gasteiger partial charge on any atom is -0.319 e. The monoisotopic (exact) mass is 396 g/mol. The predicted octanol–water partition coefficient (Wildman–Crippen LogP) is 1.46. The number of aromatic amines is 2. The van der Waals surface area contributed by atoms with E-state index in [9.17, 15) is 14.4 Å². The fraction of sp³-hybridized carbons (Fsp3) is 0.400. The Kier molecular flexibility index (Phi) is 5.06. The maximum atomic E-state index is 13.3. The Labute approximate surface area is 167 Å². The van der Waals surface area contributed by atoms with Crippen LogP contribution in [0, 0.1) is 6.92 Å². The lowest BCUT2D eigenvalue weighted by Gasteiger charge is -2.32. The highest BCUT2D eigenvalue weighted by molar-refractivity contribution is 5.86. The largest absolute Gasteiger partial charge is 0.331 e. The van der Waals surface area contributed by atoms with Crippen molar-refractivity contribution >= 4 is 17.2 Å². The summed E-state index contributed by atoms with van der Waals surface area (Å²) in [5, 5.41) is 0. The molecule has 0 unspecified atom stereocenters. The van der Waals surface area contributed by atoms with Crippen molar-refractivity contribution < 1.29 is 4.79 Å². The molecule has 0 aliphatic carbocycles. The molecule has 0 bridgehead atoms. The second-order valence-electron chi connectivity index (χ2n) is 7.55. The van der Waals surface area contributed by atoms with E-state index >= 15 is 0 Å². The summed E-state index contributed by atoms with van der Waals surface area (Å²) in [6.07, 6.45) is 3.60. The maximum Gasteiger partial charge on any atom is 0.331 e. The Morgan fingerprint density at radius 2 is 1.86 bits per heavy atom. The molecule has 0 spiro atoms. The van der Waals surface area contributed by atoms with Crippen molar-refractivity contribution in [3.8, 4) is 0 Å². The highest BCUT2D eigenvalue weighted by Gasteiger charge is 2.27. The molecular formula is C20H24N6O3. The zero-order valence-electron chi connectivity index (χ0n) is 16.5. The van der Waals surface area contributed by atoms with Crippen LogP contribution in [0.4, 0.5) is 4.79 Å². The van der Waals surface area contributed by atoms with E-state index in [1.54, 1.807) is 11.9 Å². The summed E-state index contributed by atoms with van der Waals surface area (Å²) in [6.45, 7) is 4.77. The minimum atomic E-state index is -0.674. The fourth-order valence-corrected chi connectivity index (χ4v) is 3.83. The molecule has 9 heteroatoms. The molecule has 4 rings (SSSR count). The van der Waals surface area contributed by atoms with E-state index in [2.05, 4.69) is 19.9 Å². The molecule has 9 nitrogen and oxygen atoms in total. The molecule has 29 heavy (non-hydrogen) atoms. The molecule has 152 valence electrons. The van der Waals surface area contributed by atoms with E-state index < -0.39 is 11.2 Å². The molecule has 1 aromatic carbocycles. The van der Waals surface area contributed by atoms with Crippen molar-refractivity contribution in [2.75, 3.05) is 26.7 Å². The average molecular weight is 396 g/mol. The number of carbonyl (C=O) groups excluding carboxylic acids is 1. The first-order valence-electron chi connectivity index (χ1n) is 9.70. The van der Waals surface area contributed by atoms with E-state index in [1.165, 1.54) is 10.9 Å². The summed E-state index contributed by atoms with van der Waals surface area (Å²) < 4.78 is 1.22. The first-order chi connectivity index (χ1) is 13.9. The lowest BCUT2D eigenvalue weighted by Crippen LogP contribution is -2.40.